The van der Waals surface area contributed by atoms with Crippen molar-refractivity contribution in [1.29, 1.82) is 0 Å². The molecule has 68 valence electrons. The zero-order valence-electron chi connectivity index (χ0n) is 7.32. The van der Waals surface area contributed by atoms with E-state index in [9.17, 15) is 0 Å². The summed E-state index contributed by atoms with van der Waals surface area (Å²) in [7, 11) is 0. The fourth-order valence-corrected chi connectivity index (χ4v) is 2.66. The molecule has 2 N–H and O–H groups in total. The topological polar surface area (TPSA) is 26.0 Å². The lowest BCUT2D eigenvalue weighted by atomic mass is 10.3. The third-order valence-electron chi connectivity index (χ3n) is 1.55. The Morgan fingerprint density at radius 3 is 3.08 bits per heavy atom. The number of nitrogens with two attached hydrogens (primary N) is 1. The van der Waals surface area contributed by atoms with E-state index in [2.05, 4.69) is 24.4 Å². The van der Waals surface area contributed by atoms with E-state index in [0.29, 0.717) is 0 Å². The minimum Gasteiger partial charge on any atom is -0.323 e. The van der Waals surface area contributed by atoms with Crippen LogP contribution in [0.1, 0.15) is 24.3 Å². The van der Waals surface area contributed by atoms with Crippen molar-refractivity contribution in [1.82, 2.24) is 0 Å². The second-order valence-corrected chi connectivity index (χ2v) is 4.83. The molecule has 0 bridgehead atoms. The van der Waals surface area contributed by atoms with Crippen LogP contribution in [0.3, 0.4) is 0 Å². The maximum absolute atomic E-state index is 5.97. The molecule has 0 spiro atoms. The molecule has 12 heavy (non-hydrogen) atoms. The molecule has 0 saturated heterocycles. The Morgan fingerprint density at radius 2 is 2.50 bits per heavy atom. The number of hydrogen-bond acceptors (Lipinski definition) is 3. The molecular weight excluding hydrogens is 186 g/mol. The highest BCUT2D eigenvalue weighted by molar-refractivity contribution is 7.99. The third kappa shape index (κ3) is 3.17. The molecule has 0 fully saturated rings. The monoisotopic (exact) mass is 201 g/mol. The van der Waals surface area contributed by atoms with E-state index in [1.165, 1.54) is 17.1 Å². The van der Waals surface area contributed by atoms with E-state index in [4.69, 9.17) is 5.73 Å². The van der Waals surface area contributed by atoms with Gasteiger partial charge < -0.3 is 5.73 Å². The van der Waals surface area contributed by atoms with Crippen molar-refractivity contribution >= 4 is 23.1 Å². The first-order chi connectivity index (χ1) is 5.84. The van der Waals surface area contributed by atoms with Gasteiger partial charge in [-0.2, -0.15) is 11.8 Å². The van der Waals surface area contributed by atoms with Gasteiger partial charge in [-0.05, 0) is 23.6 Å². The van der Waals surface area contributed by atoms with Crippen LogP contribution in [-0.2, 0) is 0 Å². The molecule has 0 aromatic carbocycles. The van der Waals surface area contributed by atoms with Gasteiger partial charge >= 0.3 is 0 Å². The first-order valence-electron chi connectivity index (χ1n) is 4.21. The van der Waals surface area contributed by atoms with Crippen LogP contribution in [0.25, 0.3) is 0 Å². The first-order valence-corrected chi connectivity index (χ1v) is 6.24. The molecule has 1 aromatic heterocycles. The van der Waals surface area contributed by atoms with Gasteiger partial charge in [-0.1, -0.05) is 13.0 Å². The average Bonchev–Trinajstić information content (AvgIpc) is 2.56. The second kappa shape index (κ2) is 5.62. The number of rotatable bonds is 5. The van der Waals surface area contributed by atoms with Crippen LogP contribution in [0.15, 0.2) is 17.5 Å². The normalized spacial score (nSPS) is 13.2. The van der Waals surface area contributed by atoms with Gasteiger partial charge in [-0.3, -0.25) is 0 Å². The molecule has 0 aliphatic carbocycles. The maximum atomic E-state index is 5.97. The van der Waals surface area contributed by atoms with Crippen molar-refractivity contribution in [3.63, 3.8) is 0 Å². The van der Waals surface area contributed by atoms with Crippen molar-refractivity contribution in [2.24, 2.45) is 5.73 Å². The highest BCUT2D eigenvalue weighted by Crippen LogP contribution is 2.20. The minimum absolute atomic E-state index is 0.238. The van der Waals surface area contributed by atoms with E-state index in [1.807, 2.05) is 11.8 Å². The predicted octanol–water partition coefficient (Wildman–Crippen LogP) is 2.89. The Bertz CT molecular complexity index is 196. The number of hydrogen-bond donors (Lipinski definition) is 1. The van der Waals surface area contributed by atoms with Crippen molar-refractivity contribution in [2.45, 2.75) is 19.4 Å². The molecule has 0 radical (unpaired) electrons. The highest BCUT2D eigenvalue weighted by Gasteiger charge is 2.05. The fourth-order valence-electron chi connectivity index (χ4n) is 0.939. The highest BCUT2D eigenvalue weighted by atomic mass is 32.2. The molecular formula is C9H15NS2. The molecule has 1 aromatic rings. The lowest BCUT2D eigenvalue weighted by Gasteiger charge is -2.07. The Kier molecular flexibility index (Phi) is 4.73. The average molecular weight is 201 g/mol. The van der Waals surface area contributed by atoms with Crippen LogP contribution in [0.4, 0.5) is 0 Å². The summed E-state index contributed by atoms with van der Waals surface area (Å²) in [5, 5.41) is 2.08. The van der Waals surface area contributed by atoms with E-state index < -0.39 is 0 Å². The quantitative estimate of drug-likeness (QED) is 0.741. The summed E-state index contributed by atoms with van der Waals surface area (Å²) in [6.45, 7) is 2.20. The van der Waals surface area contributed by atoms with Crippen molar-refractivity contribution in [3.05, 3.63) is 22.4 Å². The Morgan fingerprint density at radius 1 is 1.67 bits per heavy atom. The Labute approximate surface area is 82.4 Å². The number of thiophene rings is 1. The summed E-state index contributed by atoms with van der Waals surface area (Å²) >= 11 is 3.69. The molecule has 0 aliphatic rings. The third-order valence-corrected chi connectivity index (χ3v) is 3.85. The fraction of sp³-hybridized carbons (Fsp3) is 0.556. The van der Waals surface area contributed by atoms with Gasteiger partial charge in [-0.15, -0.1) is 11.3 Å². The molecule has 0 amide bonds. The smallest absolute Gasteiger partial charge is 0.0481 e. The predicted molar refractivity (Wildman–Crippen MR) is 58.9 cm³/mol. The summed E-state index contributed by atoms with van der Waals surface area (Å²) in [6.07, 6.45) is 1.24. The molecule has 1 nitrogen and oxygen atoms in total. The zero-order valence-corrected chi connectivity index (χ0v) is 8.96. The molecule has 0 aliphatic heterocycles. The van der Waals surface area contributed by atoms with Crippen LogP contribution in [0, 0.1) is 0 Å². The summed E-state index contributed by atoms with van der Waals surface area (Å²) in [4.78, 5) is 1.30. The van der Waals surface area contributed by atoms with Crippen LogP contribution in [0.2, 0.25) is 0 Å². The van der Waals surface area contributed by atoms with E-state index >= 15 is 0 Å². The summed E-state index contributed by atoms with van der Waals surface area (Å²) in [5.41, 5.74) is 5.97. The molecule has 1 atom stereocenters. The summed E-state index contributed by atoms with van der Waals surface area (Å²) in [5.74, 6) is 2.27. The maximum Gasteiger partial charge on any atom is 0.0481 e. The molecule has 1 heterocycles. The van der Waals surface area contributed by atoms with Crippen LogP contribution < -0.4 is 5.73 Å². The minimum atomic E-state index is 0.238. The SMILES string of the molecule is CCCSCC(N)c1cccs1. The molecule has 0 saturated carbocycles. The van der Waals surface area contributed by atoms with Crippen LogP contribution in [0.5, 0.6) is 0 Å². The van der Waals surface area contributed by atoms with Crippen molar-refractivity contribution in [2.75, 3.05) is 11.5 Å². The van der Waals surface area contributed by atoms with Crippen molar-refractivity contribution < 1.29 is 0 Å². The van der Waals surface area contributed by atoms with Gasteiger partial charge in [0.25, 0.3) is 0 Å². The van der Waals surface area contributed by atoms with Crippen LogP contribution in [-0.4, -0.2) is 11.5 Å². The van der Waals surface area contributed by atoms with Gasteiger partial charge in [0.15, 0.2) is 0 Å². The van der Waals surface area contributed by atoms with Gasteiger partial charge in [0.2, 0.25) is 0 Å². The van der Waals surface area contributed by atoms with Gasteiger partial charge in [0, 0.05) is 16.7 Å². The summed E-state index contributed by atoms with van der Waals surface area (Å²) in [6, 6.07) is 4.41. The Balaban J connectivity index is 2.25. The second-order valence-electron chi connectivity index (χ2n) is 2.70. The summed E-state index contributed by atoms with van der Waals surface area (Å²) < 4.78 is 0. The van der Waals surface area contributed by atoms with Gasteiger partial charge in [-0.25, -0.2) is 0 Å². The lowest BCUT2D eigenvalue weighted by Crippen LogP contribution is -2.11. The largest absolute Gasteiger partial charge is 0.323 e. The molecule has 3 heteroatoms. The zero-order chi connectivity index (χ0) is 8.81. The van der Waals surface area contributed by atoms with Gasteiger partial charge in [0.05, 0.1) is 0 Å². The standard InChI is InChI=1S/C9H15NS2/c1-2-5-11-7-8(10)9-4-3-6-12-9/h3-4,6,8H,2,5,7,10H2,1H3. The lowest BCUT2D eigenvalue weighted by molar-refractivity contribution is 0.851. The molecule has 1 rings (SSSR count). The first kappa shape index (κ1) is 10.1. The van der Waals surface area contributed by atoms with Crippen LogP contribution >= 0.6 is 23.1 Å². The van der Waals surface area contributed by atoms with Crippen molar-refractivity contribution in [3.8, 4) is 0 Å². The Hall–Kier alpha value is 0.01000. The van der Waals surface area contributed by atoms with E-state index in [0.717, 1.165) is 5.75 Å². The molecule has 1 unspecified atom stereocenters. The number of thioether (sulfide) groups is 1. The van der Waals surface area contributed by atoms with E-state index in [-0.39, 0.29) is 6.04 Å². The van der Waals surface area contributed by atoms with E-state index in [1.54, 1.807) is 11.3 Å². The van der Waals surface area contributed by atoms with Gasteiger partial charge in [0.1, 0.15) is 0 Å².